The molecule has 4 aromatic rings. The van der Waals surface area contributed by atoms with E-state index in [2.05, 4.69) is 29.1 Å². The Morgan fingerprint density at radius 1 is 0.481 bits per heavy atom. The number of hydrogen-bond donors (Lipinski definition) is 3. The first-order valence-electron chi connectivity index (χ1n) is 45.3. The Balaban J connectivity index is 0.716. The van der Waals surface area contributed by atoms with E-state index in [0.29, 0.717) is 97.2 Å². The van der Waals surface area contributed by atoms with Crippen molar-refractivity contribution >= 4 is 135 Å². The number of esters is 1. The van der Waals surface area contributed by atoms with Crippen LogP contribution in [0, 0.1) is 30.6 Å². The molecule has 3 unspecified atom stereocenters. The van der Waals surface area contributed by atoms with E-state index in [1.54, 1.807) is 117 Å². The van der Waals surface area contributed by atoms with E-state index in [9.17, 15) is 86.3 Å². The first kappa shape index (κ1) is 100. The average Bonchev–Trinajstić information content (AvgIpc) is 1.64. The van der Waals surface area contributed by atoms with Gasteiger partial charge < -0.3 is 49.4 Å². The van der Waals surface area contributed by atoms with E-state index in [1.165, 1.54) is 12.0 Å². The van der Waals surface area contributed by atoms with Gasteiger partial charge in [0.05, 0.1) is 79.2 Å². The van der Waals surface area contributed by atoms with Crippen LogP contribution < -0.4 is 35.1 Å². The fourth-order valence-electron chi connectivity index (χ4n) is 17.3. The quantitative estimate of drug-likeness (QED) is 0.0974. The number of thioether (sulfide) groups is 2. The number of fused-ring (bicyclic) bond motifs is 4. The molecule has 9 aliphatic rings. The number of methoxy groups -OCH3 is 1. The van der Waals surface area contributed by atoms with Crippen molar-refractivity contribution in [2.24, 2.45) is 23.7 Å². The van der Waals surface area contributed by atoms with Gasteiger partial charge >= 0.3 is 12.1 Å². The Morgan fingerprint density at radius 3 is 1.49 bits per heavy atom. The standard InChI is InChI=1S/C98H120N8O23S2/c1-56(2)74-42-71(109)17-12-11-16-69(107)28-29-70(108)30-32-102-89(115)47-86(95(102)121)130-55-131-87-48-90(116)103(96(87)122)33-31-88(114)99-49-73(111)19-14-13-18-72(110)43-75(57(3)4)92(118)100-61(8)81(112)39-63-20-24-65(25-21-63)53-128-97(123)78-41-67-36-58(5)50-104(67)93(119)77-45-84(125-10)85(44-76(77)78)127-35-15-34-126-83-46-80-79(38-60(83)7)94(120)105-51-59(6)37-68(105)52-106(80)98(124)129-54-66-26-22-64(23-27-66)40-82(113)62(9)101-91(74)117/h20-27,38,44-46,56-57,61-62,67-68,74-75,78,86-87H,5-6,11-19,28-37,39-43,47-55H2,1-4,7-10H3,(H,99,114)(H,100,118)(H,101,117)/t61-,62-,67-,68-,74-,75-,78?,86?,87?/m0/s1. The summed E-state index contributed by atoms with van der Waals surface area (Å²) in [4.78, 5) is 250. The summed E-state index contributed by atoms with van der Waals surface area (Å²) in [7, 11) is 1.45. The van der Waals surface area contributed by atoms with Crippen LogP contribution in [0.4, 0.5) is 10.5 Å². The summed E-state index contributed by atoms with van der Waals surface area (Å²) < 4.78 is 30.6. The number of benzene rings is 4. The number of anilines is 1. The lowest BCUT2D eigenvalue weighted by Gasteiger charge is -2.26. The highest BCUT2D eigenvalue weighted by atomic mass is 32.2. The monoisotopic (exact) mass is 1840 g/mol. The molecule has 4 fully saturated rings. The molecule has 4 saturated heterocycles. The number of imide groups is 2. The second kappa shape index (κ2) is 46.6. The van der Waals surface area contributed by atoms with Crippen LogP contribution in [0.3, 0.4) is 0 Å². The second-order valence-electron chi connectivity index (χ2n) is 35.9. The van der Waals surface area contributed by atoms with Gasteiger partial charge in [-0.15, -0.1) is 23.5 Å². The van der Waals surface area contributed by atoms with E-state index in [-0.39, 0.29) is 252 Å². The molecule has 0 aromatic heterocycles. The molecule has 3 N–H and O–H groups in total. The van der Waals surface area contributed by atoms with Crippen molar-refractivity contribution in [2.45, 2.75) is 244 Å². The molecule has 33 heteroatoms. The molecule has 31 nitrogen and oxygen atoms in total. The lowest BCUT2D eigenvalue weighted by molar-refractivity contribution is -0.147. The molecule has 9 atom stereocenters. The Hall–Kier alpha value is -11.5. The summed E-state index contributed by atoms with van der Waals surface area (Å²) in [5.41, 5.74) is 5.97. The number of carbonyl (C=O) groups is 18. The number of hydrogen-bond acceptors (Lipinski definition) is 25. The average molecular weight is 1840 g/mol. The fourth-order valence-corrected chi connectivity index (χ4v) is 20.0. The highest BCUT2D eigenvalue weighted by Crippen LogP contribution is 2.44. The van der Waals surface area contributed by atoms with Crippen molar-refractivity contribution in [1.82, 2.24) is 35.6 Å². The summed E-state index contributed by atoms with van der Waals surface area (Å²) in [6, 6.07) is 17.8. The van der Waals surface area contributed by atoms with Crippen molar-refractivity contribution in [3.8, 4) is 17.2 Å². The van der Waals surface area contributed by atoms with Crippen LogP contribution in [0.1, 0.15) is 230 Å². The van der Waals surface area contributed by atoms with E-state index in [4.69, 9.17) is 23.7 Å². The van der Waals surface area contributed by atoms with Gasteiger partial charge in [0.2, 0.25) is 41.4 Å². The molecule has 4 aromatic carbocycles. The predicted octanol–water partition coefficient (Wildman–Crippen LogP) is 10.7. The zero-order valence-electron chi connectivity index (χ0n) is 76.0. The molecule has 0 aliphatic carbocycles. The van der Waals surface area contributed by atoms with Gasteiger partial charge in [-0.1, -0.05) is 101 Å². The minimum atomic E-state index is -0.924. The molecular formula is C98H120N8O23S2. The number of ketones is 7. The van der Waals surface area contributed by atoms with Crippen molar-refractivity contribution in [2.75, 3.05) is 69.6 Å². The SMILES string of the molecule is C=C1C[C@H]2CC3C(=O)OCc4ccc(cc4)CC(=O)[C@H](C)NC(=O)[C@H](C(C)C)CC(=O)CCCCC(=O)CNC(=O)CCN4C(=O)CC(SCSC5CC(=O)N(CCC(=O)CCC(=O)CCCCC(=O)C[C@@H](C(C)C)C(=O)N[C@@H](C)C(=O)Cc6ccc(cc6)COC(=O)N6C[C@@H]7CC(=C)CN7C(=O)c7cc(C)c(cc76)OCCCOc6cc3c(cc6OC)C(=O)N2C1)C5=O)C4=O. The molecule has 0 radical (unpaired) electrons. The summed E-state index contributed by atoms with van der Waals surface area (Å²) in [6.07, 6.45) is 1.33. The van der Waals surface area contributed by atoms with Gasteiger partial charge in [-0.3, -0.25) is 96.2 Å². The molecule has 13 rings (SSSR count). The number of ether oxygens (including phenoxy) is 5. The lowest BCUT2D eigenvalue weighted by Crippen LogP contribution is -2.44. The minimum Gasteiger partial charge on any atom is -0.493 e. The maximum absolute atomic E-state index is 14.6. The van der Waals surface area contributed by atoms with Crippen molar-refractivity contribution in [3.05, 3.63) is 142 Å². The van der Waals surface area contributed by atoms with E-state index >= 15 is 0 Å². The number of Topliss-reactive ketones (excluding diaryl/α,β-unsaturated/α-hetero) is 7. The summed E-state index contributed by atoms with van der Waals surface area (Å²) in [5, 5.41) is 6.72. The largest absolute Gasteiger partial charge is 0.493 e. The molecule has 702 valence electrons. The Labute approximate surface area is 771 Å². The number of aryl methyl sites for hydroxylation is 1. The molecular weight excluding hydrogens is 1720 g/mol. The number of amides is 10. The van der Waals surface area contributed by atoms with E-state index in [0.717, 1.165) is 44.5 Å². The van der Waals surface area contributed by atoms with Gasteiger partial charge in [0, 0.05) is 157 Å². The maximum Gasteiger partial charge on any atom is 0.414 e. The molecule has 9 heterocycles. The smallest absolute Gasteiger partial charge is 0.414 e. The number of nitrogens with zero attached hydrogens (tertiary/aromatic N) is 5. The van der Waals surface area contributed by atoms with E-state index < -0.39 is 99.8 Å². The third-order valence-corrected chi connectivity index (χ3v) is 27.9. The molecule has 0 spiro atoms. The molecule has 10 amide bonds. The van der Waals surface area contributed by atoms with Gasteiger partial charge in [-0.05, 0) is 129 Å². The molecule has 0 saturated carbocycles. The minimum absolute atomic E-state index is 0.0462. The number of nitrogens with one attached hydrogen (secondary N) is 3. The van der Waals surface area contributed by atoms with Crippen LogP contribution in [0.15, 0.2) is 97.1 Å². The maximum atomic E-state index is 14.6. The van der Waals surface area contributed by atoms with Crippen LogP contribution in [-0.2, 0) is 107 Å². The normalized spacial score (nSPS) is 24.9. The summed E-state index contributed by atoms with van der Waals surface area (Å²) >= 11 is 2.26. The molecule has 12 bridgehead atoms. The third-order valence-electron chi connectivity index (χ3n) is 25.2. The van der Waals surface area contributed by atoms with Gasteiger partial charge in [0.25, 0.3) is 11.8 Å². The lowest BCUT2D eigenvalue weighted by atomic mass is 9.88. The summed E-state index contributed by atoms with van der Waals surface area (Å²) in [5.74, 6) is -8.48. The van der Waals surface area contributed by atoms with Crippen LogP contribution in [-0.4, -0.2) is 225 Å². The Kier molecular flexibility index (Phi) is 35.6. The highest BCUT2D eigenvalue weighted by molar-refractivity contribution is 8.17. The van der Waals surface area contributed by atoms with Crippen LogP contribution >= 0.6 is 23.5 Å². The number of carbonyl (C=O) groups excluding carboxylic acids is 18. The van der Waals surface area contributed by atoms with Gasteiger partial charge in [0.1, 0.15) is 42.1 Å². The van der Waals surface area contributed by atoms with Crippen molar-refractivity contribution in [3.63, 3.8) is 0 Å². The van der Waals surface area contributed by atoms with Crippen molar-refractivity contribution in [1.29, 1.82) is 0 Å². The van der Waals surface area contributed by atoms with E-state index in [1.807, 2.05) is 13.8 Å². The fraction of sp³-hybridized carbons (Fsp3) is 0.531. The van der Waals surface area contributed by atoms with Crippen LogP contribution in [0.2, 0.25) is 0 Å². The zero-order chi connectivity index (χ0) is 94.6. The molecule has 9 aliphatic heterocycles. The molecule has 131 heavy (non-hydrogen) atoms. The van der Waals surface area contributed by atoms with Crippen molar-refractivity contribution < 1.29 is 110 Å². The zero-order valence-corrected chi connectivity index (χ0v) is 77.6. The summed E-state index contributed by atoms with van der Waals surface area (Å²) in [6.45, 7) is 20.4. The second-order valence-corrected chi connectivity index (χ2v) is 38.6. The Morgan fingerprint density at radius 2 is 0.954 bits per heavy atom. The van der Waals surface area contributed by atoms with Crippen LogP contribution in [0.25, 0.3) is 0 Å². The Bertz CT molecular complexity index is 5040. The van der Waals surface area contributed by atoms with Gasteiger partial charge in [0.15, 0.2) is 28.8 Å². The predicted molar refractivity (Wildman–Crippen MR) is 487 cm³/mol. The first-order valence-corrected chi connectivity index (χ1v) is 47.4. The van der Waals surface area contributed by atoms with Crippen LogP contribution in [0.5, 0.6) is 17.2 Å². The first-order chi connectivity index (χ1) is 62.5. The van der Waals surface area contributed by atoms with Gasteiger partial charge in [-0.2, -0.15) is 0 Å². The third kappa shape index (κ3) is 26.9. The highest BCUT2D eigenvalue weighted by Gasteiger charge is 2.46. The van der Waals surface area contributed by atoms with Gasteiger partial charge in [-0.25, -0.2) is 4.79 Å². The topological polar surface area (TPSA) is 406 Å². The number of rotatable bonds is 3.